The first-order chi connectivity index (χ1) is 15.8. The lowest BCUT2D eigenvalue weighted by molar-refractivity contribution is -0.0797. The number of alkyl halides is 1. The zero-order valence-electron chi connectivity index (χ0n) is 20.0. The fraction of sp³-hybridized carbons (Fsp3) is 0.440. The number of nitrogens with zero attached hydrogens (tertiary/aromatic N) is 2. The molecule has 0 radical (unpaired) electrons. The molecule has 3 heterocycles. The van der Waals surface area contributed by atoms with Gasteiger partial charge in [0.25, 0.3) is 0 Å². The molecule has 0 unspecified atom stereocenters. The number of halogens is 1. The minimum Gasteiger partial charge on any atom is -0.444 e. The summed E-state index contributed by atoms with van der Waals surface area (Å²) in [5.41, 5.74) is 2.41. The van der Waals surface area contributed by atoms with Gasteiger partial charge in [0.1, 0.15) is 24.1 Å². The Labute approximate surface area is 200 Å². The van der Waals surface area contributed by atoms with Crippen molar-refractivity contribution in [3.05, 3.63) is 59.3 Å². The molecule has 4 rings (SSSR count). The minimum absolute atomic E-state index is 0.238. The van der Waals surface area contributed by atoms with Crippen LogP contribution < -0.4 is 0 Å². The summed E-state index contributed by atoms with van der Waals surface area (Å²) < 4.78 is 44.9. The van der Waals surface area contributed by atoms with E-state index in [4.69, 9.17) is 9.47 Å². The number of amides is 1. The fourth-order valence-electron chi connectivity index (χ4n) is 4.27. The molecule has 1 aromatic carbocycles. The molecule has 0 saturated carbocycles. The monoisotopic (exact) mass is 490 g/mol. The Morgan fingerprint density at radius 2 is 1.82 bits per heavy atom. The quantitative estimate of drug-likeness (QED) is 0.527. The van der Waals surface area contributed by atoms with Crippen LogP contribution in [0.3, 0.4) is 0 Å². The zero-order chi connectivity index (χ0) is 24.9. The van der Waals surface area contributed by atoms with Crippen LogP contribution in [-0.2, 0) is 9.47 Å². The molecular weight excluding hydrogens is 459 g/mol. The van der Waals surface area contributed by atoms with E-state index >= 15 is 0 Å². The molecule has 9 heteroatoms. The third-order valence-corrected chi connectivity index (χ3v) is 7.19. The van der Waals surface area contributed by atoms with E-state index in [0.717, 1.165) is 28.0 Å². The third-order valence-electron chi connectivity index (χ3n) is 5.79. The maximum absolute atomic E-state index is 14.2. The predicted octanol–water partition coefficient (Wildman–Crippen LogP) is 6.24. The SMILES string of the molecule is CC(C)(C)OC(=O)N1[C@H](CF)[C@@H](c2ccc(-c3ccc(C4=CS(O)(O)C4)nc3)cc2)OC1(C)C. The molecule has 2 atom stereocenters. The minimum atomic E-state index is -2.56. The van der Waals surface area contributed by atoms with Gasteiger partial charge in [-0.05, 0) is 51.8 Å². The first kappa shape index (κ1) is 24.7. The van der Waals surface area contributed by atoms with E-state index in [0.29, 0.717) is 0 Å². The van der Waals surface area contributed by atoms with Crippen molar-refractivity contribution >= 4 is 22.3 Å². The van der Waals surface area contributed by atoms with Crippen LogP contribution in [0, 0.1) is 0 Å². The number of aromatic nitrogens is 1. The van der Waals surface area contributed by atoms with Crippen LogP contribution in [0.1, 0.15) is 52.0 Å². The lowest BCUT2D eigenvalue weighted by Crippen LogP contribution is -2.50. The third kappa shape index (κ3) is 4.98. The van der Waals surface area contributed by atoms with Crippen molar-refractivity contribution < 1.29 is 27.8 Å². The van der Waals surface area contributed by atoms with Crippen molar-refractivity contribution in [1.82, 2.24) is 9.88 Å². The normalized spacial score (nSPS) is 24.2. The molecule has 1 saturated heterocycles. The number of hydrogen-bond donors (Lipinski definition) is 2. The van der Waals surface area contributed by atoms with Crippen LogP contribution in [0.5, 0.6) is 0 Å². The molecule has 2 N–H and O–H groups in total. The first-order valence-electron chi connectivity index (χ1n) is 11.1. The van der Waals surface area contributed by atoms with Crippen LogP contribution >= 0.6 is 10.6 Å². The standard InChI is InChI=1S/C25H31FN2O5S/c1-24(2,3)33-23(29)28-21(12-26)22(32-25(28,4)5)17-8-6-16(7-9-17)18-10-11-20(27-13-18)19-14-34(30,31)15-19/h6-11,13-14,21-22,30-31H,12,15H2,1-5H3/t21-,22-/m1/s1. The highest BCUT2D eigenvalue weighted by Gasteiger charge is 2.51. The van der Waals surface area contributed by atoms with Gasteiger partial charge in [-0.25, -0.2) is 9.18 Å². The maximum Gasteiger partial charge on any atom is 0.413 e. The Balaban J connectivity index is 1.52. The van der Waals surface area contributed by atoms with Crippen molar-refractivity contribution in [2.45, 2.75) is 58.1 Å². The summed E-state index contributed by atoms with van der Waals surface area (Å²) in [4.78, 5) is 18.6. The van der Waals surface area contributed by atoms with E-state index in [1.807, 2.05) is 36.4 Å². The highest BCUT2D eigenvalue weighted by Crippen LogP contribution is 2.54. The number of carbonyl (C=O) groups is 1. The van der Waals surface area contributed by atoms with Gasteiger partial charge in [-0.2, -0.15) is 10.6 Å². The van der Waals surface area contributed by atoms with Crippen molar-refractivity contribution in [2.75, 3.05) is 12.4 Å². The van der Waals surface area contributed by atoms with Crippen molar-refractivity contribution in [3.8, 4) is 11.1 Å². The Morgan fingerprint density at radius 1 is 1.21 bits per heavy atom. The van der Waals surface area contributed by atoms with Crippen LogP contribution in [0.15, 0.2) is 48.0 Å². The van der Waals surface area contributed by atoms with E-state index in [9.17, 15) is 18.3 Å². The lowest BCUT2D eigenvalue weighted by atomic mass is 9.99. The summed E-state index contributed by atoms with van der Waals surface area (Å²) in [6.07, 6.45) is 0.500. The molecule has 7 nitrogen and oxygen atoms in total. The molecule has 2 aliphatic rings. The molecule has 34 heavy (non-hydrogen) atoms. The number of carbonyl (C=O) groups excluding carboxylic acids is 1. The lowest BCUT2D eigenvalue weighted by Gasteiger charge is -2.37. The van der Waals surface area contributed by atoms with Crippen molar-refractivity contribution in [3.63, 3.8) is 0 Å². The average Bonchev–Trinajstić information content (AvgIpc) is 3.01. The topological polar surface area (TPSA) is 92.1 Å². The molecule has 184 valence electrons. The van der Waals surface area contributed by atoms with Gasteiger partial charge in [-0.15, -0.1) is 0 Å². The molecule has 0 bridgehead atoms. The van der Waals surface area contributed by atoms with Gasteiger partial charge < -0.3 is 9.47 Å². The second-order valence-corrected chi connectivity index (χ2v) is 12.1. The van der Waals surface area contributed by atoms with Crippen molar-refractivity contribution in [2.24, 2.45) is 0 Å². The number of pyridine rings is 1. The average molecular weight is 491 g/mol. The summed E-state index contributed by atoms with van der Waals surface area (Å²) >= 11 is 0. The number of benzene rings is 1. The Kier molecular flexibility index (Phi) is 6.27. The number of hydrogen-bond acceptors (Lipinski definition) is 6. The second kappa shape index (κ2) is 8.64. The van der Waals surface area contributed by atoms with Crippen LogP contribution in [0.4, 0.5) is 9.18 Å². The van der Waals surface area contributed by atoms with E-state index in [-0.39, 0.29) is 5.75 Å². The van der Waals surface area contributed by atoms with Crippen molar-refractivity contribution in [1.29, 1.82) is 0 Å². The van der Waals surface area contributed by atoms with Gasteiger partial charge in [-0.3, -0.25) is 19.0 Å². The summed E-state index contributed by atoms with van der Waals surface area (Å²) in [5, 5.41) is 1.47. The first-order valence-corrected chi connectivity index (χ1v) is 12.9. The molecule has 2 aliphatic heterocycles. The fourth-order valence-corrected chi connectivity index (χ4v) is 5.41. The van der Waals surface area contributed by atoms with Gasteiger partial charge in [0, 0.05) is 22.7 Å². The molecule has 1 fully saturated rings. The Hall–Kier alpha value is -2.46. The summed E-state index contributed by atoms with van der Waals surface area (Å²) in [7, 11) is -2.56. The molecule has 1 aromatic heterocycles. The summed E-state index contributed by atoms with van der Waals surface area (Å²) in [5.74, 6) is 0.238. The summed E-state index contributed by atoms with van der Waals surface area (Å²) in [6, 6.07) is 10.5. The highest BCUT2D eigenvalue weighted by atomic mass is 32.3. The van der Waals surface area contributed by atoms with E-state index in [2.05, 4.69) is 4.98 Å². The zero-order valence-corrected chi connectivity index (χ0v) is 20.8. The largest absolute Gasteiger partial charge is 0.444 e. The molecule has 0 spiro atoms. The van der Waals surface area contributed by atoms with Gasteiger partial charge in [-0.1, -0.05) is 30.3 Å². The Bertz CT molecular complexity index is 1090. The molecular formula is C25H31FN2O5S. The second-order valence-electron chi connectivity index (χ2n) is 10.1. The van der Waals surface area contributed by atoms with Gasteiger partial charge in [0.2, 0.25) is 0 Å². The van der Waals surface area contributed by atoms with E-state index < -0.39 is 46.8 Å². The van der Waals surface area contributed by atoms with Gasteiger partial charge in [0.15, 0.2) is 0 Å². The maximum atomic E-state index is 14.2. The Morgan fingerprint density at radius 3 is 2.32 bits per heavy atom. The smallest absolute Gasteiger partial charge is 0.413 e. The van der Waals surface area contributed by atoms with Crippen LogP contribution in [0.25, 0.3) is 16.7 Å². The highest BCUT2D eigenvalue weighted by molar-refractivity contribution is 8.28. The van der Waals surface area contributed by atoms with E-state index in [1.54, 1.807) is 40.8 Å². The number of ether oxygens (including phenoxy) is 2. The van der Waals surface area contributed by atoms with Gasteiger partial charge >= 0.3 is 6.09 Å². The molecule has 1 amide bonds. The molecule has 2 aromatic rings. The number of rotatable bonds is 4. The van der Waals surface area contributed by atoms with Crippen LogP contribution in [-0.4, -0.2) is 54.9 Å². The van der Waals surface area contributed by atoms with E-state index in [1.165, 1.54) is 10.3 Å². The summed E-state index contributed by atoms with van der Waals surface area (Å²) in [6.45, 7) is 8.02. The predicted molar refractivity (Wildman–Crippen MR) is 131 cm³/mol. The van der Waals surface area contributed by atoms with Crippen LogP contribution in [0.2, 0.25) is 0 Å². The molecule has 0 aliphatic carbocycles. The van der Waals surface area contributed by atoms with Gasteiger partial charge in [0.05, 0.1) is 17.5 Å².